The fraction of sp³-hybridized carbons (Fsp3) is 0.167. The number of carbonyl (C=O) groups is 2. The van der Waals surface area contributed by atoms with E-state index >= 15 is 0 Å². The summed E-state index contributed by atoms with van der Waals surface area (Å²) in [5.74, 6) is -0.297. The number of hydrazone groups is 1. The van der Waals surface area contributed by atoms with Gasteiger partial charge in [-0.1, -0.05) is 24.3 Å². The van der Waals surface area contributed by atoms with Crippen LogP contribution < -0.4 is 15.1 Å². The normalized spacial score (nSPS) is 13.6. The van der Waals surface area contributed by atoms with Crippen molar-refractivity contribution in [3.8, 4) is 5.75 Å². The molecule has 9 heteroatoms. The molecule has 2 amide bonds. The molecule has 1 N–H and O–H groups in total. The quantitative estimate of drug-likeness (QED) is 0.491. The predicted octanol–water partition coefficient (Wildman–Crippen LogP) is 1.86. The Labute approximate surface area is 154 Å². The van der Waals surface area contributed by atoms with Gasteiger partial charge in [0, 0.05) is 17.7 Å². The molecule has 0 radical (unpaired) electrons. The Morgan fingerprint density at radius 1 is 1.30 bits per heavy atom. The maximum absolute atomic E-state index is 12.2. The number of nitro groups is 1. The van der Waals surface area contributed by atoms with Crippen molar-refractivity contribution in [2.45, 2.75) is 6.92 Å². The van der Waals surface area contributed by atoms with E-state index < -0.39 is 10.8 Å². The lowest BCUT2D eigenvalue weighted by Crippen LogP contribution is -2.44. The Morgan fingerprint density at radius 3 is 2.85 bits per heavy atom. The summed E-state index contributed by atoms with van der Waals surface area (Å²) in [4.78, 5) is 36.0. The molecular weight excluding hydrogens is 352 g/mol. The van der Waals surface area contributed by atoms with Gasteiger partial charge < -0.3 is 4.74 Å². The van der Waals surface area contributed by atoms with Gasteiger partial charge in [0.25, 0.3) is 17.5 Å². The number of hydrogen-bond acceptors (Lipinski definition) is 6. The van der Waals surface area contributed by atoms with Gasteiger partial charge in [-0.2, -0.15) is 5.10 Å². The van der Waals surface area contributed by atoms with Crippen LogP contribution in [0.4, 0.5) is 11.4 Å². The summed E-state index contributed by atoms with van der Waals surface area (Å²) >= 11 is 0. The molecule has 3 rings (SSSR count). The van der Waals surface area contributed by atoms with Gasteiger partial charge in [-0.25, -0.2) is 5.43 Å². The first-order valence-corrected chi connectivity index (χ1v) is 8.06. The van der Waals surface area contributed by atoms with E-state index in [0.717, 1.165) is 0 Å². The molecule has 27 heavy (non-hydrogen) atoms. The number of nitrogens with zero attached hydrogens (tertiary/aromatic N) is 3. The number of anilines is 1. The Bertz CT molecular complexity index is 941. The van der Waals surface area contributed by atoms with E-state index in [2.05, 4.69) is 10.5 Å². The highest BCUT2D eigenvalue weighted by molar-refractivity contribution is 6.03. The van der Waals surface area contributed by atoms with Crippen molar-refractivity contribution in [2.75, 3.05) is 18.1 Å². The van der Waals surface area contributed by atoms with E-state index in [4.69, 9.17) is 4.74 Å². The zero-order valence-corrected chi connectivity index (χ0v) is 14.4. The van der Waals surface area contributed by atoms with Gasteiger partial charge in [0.1, 0.15) is 12.3 Å². The van der Waals surface area contributed by atoms with Crippen molar-refractivity contribution in [3.05, 3.63) is 64.2 Å². The number of fused-ring (bicyclic) bond motifs is 1. The molecule has 0 bridgehead atoms. The highest BCUT2D eigenvalue weighted by atomic mass is 16.6. The third-order valence-electron chi connectivity index (χ3n) is 3.93. The minimum absolute atomic E-state index is 0.0658. The van der Waals surface area contributed by atoms with Crippen LogP contribution in [0, 0.1) is 10.1 Å². The number of non-ortho nitro benzene ring substituents is 1. The minimum Gasteiger partial charge on any atom is -0.482 e. The molecule has 0 saturated carbocycles. The smallest absolute Gasteiger partial charge is 0.270 e. The molecule has 0 spiro atoms. The topological polar surface area (TPSA) is 114 Å². The lowest BCUT2D eigenvalue weighted by atomic mass is 10.1. The zero-order chi connectivity index (χ0) is 19.4. The number of rotatable bonds is 5. The van der Waals surface area contributed by atoms with Crippen molar-refractivity contribution in [1.82, 2.24) is 5.43 Å². The Kier molecular flexibility index (Phi) is 5.11. The first-order chi connectivity index (χ1) is 13.0. The third kappa shape index (κ3) is 4.09. The molecule has 0 aromatic heterocycles. The lowest BCUT2D eigenvalue weighted by Gasteiger charge is -2.28. The Morgan fingerprint density at radius 2 is 2.07 bits per heavy atom. The van der Waals surface area contributed by atoms with Crippen molar-refractivity contribution >= 4 is 28.9 Å². The molecule has 1 heterocycles. The van der Waals surface area contributed by atoms with Crippen LogP contribution in [-0.4, -0.2) is 35.6 Å². The number of hydrogen-bond donors (Lipinski definition) is 1. The fourth-order valence-electron chi connectivity index (χ4n) is 2.56. The molecule has 0 unspecified atom stereocenters. The Hall–Kier alpha value is -3.75. The monoisotopic (exact) mass is 368 g/mol. The predicted molar refractivity (Wildman–Crippen MR) is 97.7 cm³/mol. The molecular formula is C18H16N4O5. The minimum atomic E-state index is -0.503. The molecule has 1 aliphatic rings. The number of benzene rings is 2. The third-order valence-corrected chi connectivity index (χ3v) is 3.93. The van der Waals surface area contributed by atoms with Gasteiger partial charge in [-0.15, -0.1) is 0 Å². The number of nitrogens with one attached hydrogen (secondary N) is 1. The van der Waals surface area contributed by atoms with Crippen molar-refractivity contribution in [1.29, 1.82) is 0 Å². The highest BCUT2D eigenvalue weighted by Crippen LogP contribution is 2.31. The van der Waals surface area contributed by atoms with Gasteiger partial charge in [0.2, 0.25) is 0 Å². The van der Waals surface area contributed by atoms with Crippen LogP contribution in [0.3, 0.4) is 0 Å². The largest absolute Gasteiger partial charge is 0.482 e. The maximum Gasteiger partial charge on any atom is 0.270 e. The van der Waals surface area contributed by atoms with Crippen molar-refractivity contribution < 1.29 is 19.2 Å². The van der Waals surface area contributed by atoms with E-state index in [9.17, 15) is 19.7 Å². The zero-order valence-electron chi connectivity index (χ0n) is 14.4. The van der Waals surface area contributed by atoms with Crippen LogP contribution in [0.1, 0.15) is 12.5 Å². The summed E-state index contributed by atoms with van der Waals surface area (Å²) in [5.41, 5.74) is 3.74. The summed E-state index contributed by atoms with van der Waals surface area (Å²) in [6.45, 7) is 1.26. The van der Waals surface area contributed by atoms with E-state index in [-0.39, 0.29) is 24.7 Å². The van der Waals surface area contributed by atoms with Crippen LogP contribution in [-0.2, 0) is 9.59 Å². The van der Waals surface area contributed by atoms with Gasteiger partial charge >= 0.3 is 0 Å². The van der Waals surface area contributed by atoms with E-state index in [1.807, 2.05) is 0 Å². The van der Waals surface area contributed by atoms with E-state index in [1.54, 1.807) is 37.3 Å². The number of carbonyl (C=O) groups excluding carboxylic acids is 2. The molecule has 138 valence electrons. The second-order valence-corrected chi connectivity index (χ2v) is 5.78. The molecule has 2 aromatic rings. The molecule has 1 aliphatic heterocycles. The number of para-hydroxylation sites is 2. The van der Waals surface area contributed by atoms with Gasteiger partial charge in [-0.3, -0.25) is 24.6 Å². The summed E-state index contributed by atoms with van der Waals surface area (Å²) < 4.78 is 5.33. The molecule has 0 aliphatic carbocycles. The van der Waals surface area contributed by atoms with E-state index in [1.165, 1.54) is 23.1 Å². The summed E-state index contributed by atoms with van der Waals surface area (Å²) in [7, 11) is 0. The first kappa shape index (κ1) is 18.1. The number of nitro benzene ring substituents is 1. The maximum atomic E-state index is 12.2. The van der Waals surface area contributed by atoms with Crippen LogP contribution in [0.5, 0.6) is 5.75 Å². The van der Waals surface area contributed by atoms with Gasteiger partial charge in [-0.05, 0) is 19.1 Å². The SMILES string of the molecule is C/C(=N/NC(=O)CN1C(=O)COc2ccccc21)c1cccc([N+](=O)[O-])c1. The van der Waals surface area contributed by atoms with Crippen LogP contribution in [0.25, 0.3) is 0 Å². The van der Waals surface area contributed by atoms with Gasteiger partial charge in [0.15, 0.2) is 6.61 Å². The molecule has 0 saturated heterocycles. The molecule has 0 fully saturated rings. The van der Waals surface area contributed by atoms with Crippen LogP contribution in [0.2, 0.25) is 0 Å². The second-order valence-electron chi connectivity index (χ2n) is 5.78. The van der Waals surface area contributed by atoms with Gasteiger partial charge in [0.05, 0.1) is 16.3 Å². The summed E-state index contributed by atoms with van der Waals surface area (Å²) in [6, 6.07) is 12.9. The van der Waals surface area contributed by atoms with Crippen molar-refractivity contribution in [2.24, 2.45) is 5.10 Å². The summed E-state index contributed by atoms with van der Waals surface area (Å²) in [5, 5.41) is 14.8. The highest BCUT2D eigenvalue weighted by Gasteiger charge is 2.26. The van der Waals surface area contributed by atoms with Crippen LogP contribution >= 0.6 is 0 Å². The lowest BCUT2D eigenvalue weighted by molar-refractivity contribution is -0.384. The molecule has 2 aromatic carbocycles. The standard InChI is InChI=1S/C18H16N4O5/c1-12(13-5-4-6-14(9-13)22(25)26)19-20-17(23)10-21-15-7-2-3-8-16(15)27-11-18(21)24/h2-9H,10-11H2,1H3,(H,20,23)/b19-12-. The summed E-state index contributed by atoms with van der Waals surface area (Å²) in [6.07, 6.45) is 0. The average Bonchev–Trinajstić information content (AvgIpc) is 2.68. The van der Waals surface area contributed by atoms with E-state index in [0.29, 0.717) is 22.7 Å². The second kappa shape index (κ2) is 7.65. The van der Waals surface area contributed by atoms with Crippen molar-refractivity contribution in [3.63, 3.8) is 0 Å². The fourth-order valence-corrected chi connectivity index (χ4v) is 2.56. The Balaban J connectivity index is 1.69. The molecule has 9 nitrogen and oxygen atoms in total. The molecule has 0 atom stereocenters. The van der Waals surface area contributed by atoms with Crippen LogP contribution in [0.15, 0.2) is 53.6 Å². The number of ether oxygens (including phenoxy) is 1. The first-order valence-electron chi connectivity index (χ1n) is 8.06. The number of amides is 2. The average molecular weight is 368 g/mol.